The number of aromatic nitrogens is 1. The first-order valence-electron chi connectivity index (χ1n) is 21.7. The lowest BCUT2D eigenvalue weighted by atomic mass is 9.33. The summed E-state index contributed by atoms with van der Waals surface area (Å²) in [6.45, 7) is 0.0135. The van der Waals surface area contributed by atoms with Crippen LogP contribution in [-0.2, 0) is 0 Å². The van der Waals surface area contributed by atoms with Gasteiger partial charge in [0, 0.05) is 45.3 Å². The Labute approximate surface area is 368 Å². The summed E-state index contributed by atoms with van der Waals surface area (Å²) in [7, 11) is 0. The minimum Gasteiger partial charge on any atom is -0.311 e. The Morgan fingerprint density at radius 2 is 0.619 bits per heavy atom. The zero-order valence-corrected chi connectivity index (χ0v) is 34.5. The van der Waals surface area contributed by atoms with Gasteiger partial charge in [0.1, 0.15) is 0 Å². The van der Waals surface area contributed by atoms with Gasteiger partial charge in [-0.25, -0.2) is 4.98 Å². The number of fused-ring (bicyclic) bond motifs is 4. The summed E-state index contributed by atoms with van der Waals surface area (Å²) < 4.78 is 0. The minimum atomic E-state index is 0.0135. The van der Waals surface area contributed by atoms with E-state index in [0.717, 1.165) is 56.4 Å². The van der Waals surface area contributed by atoms with E-state index >= 15 is 0 Å². The van der Waals surface area contributed by atoms with E-state index in [2.05, 4.69) is 252 Å². The molecule has 294 valence electrons. The minimum absolute atomic E-state index is 0.0135. The van der Waals surface area contributed by atoms with Gasteiger partial charge in [-0.1, -0.05) is 182 Å². The van der Waals surface area contributed by atoms with Crippen LogP contribution in [0.2, 0.25) is 0 Å². The van der Waals surface area contributed by atoms with Crippen LogP contribution in [0.25, 0.3) is 55.9 Å². The largest absolute Gasteiger partial charge is 0.311 e. The Bertz CT molecular complexity index is 3050. The third-order valence-electron chi connectivity index (χ3n) is 12.6. The van der Waals surface area contributed by atoms with Gasteiger partial charge < -0.3 is 9.80 Å². The lowest BCUT2D eigenvalue weighted by Gasteiger charge is -2.44. The monoisotopic (exact) mass is 801 g/mol. The molecule has 0 radical (unpaired) electrons. The van der Waals surface area contributed by atoms with Gasteiger partial charge >= 0.3 is 0 Å². The molecule has 9 aromatic carbocycles. The molecule has 10 aromatic rings. The van der Waals surface area contributed by atoms with Crippen molar-refractivity contribution in [3.63, 3.8) is 0 Å². The standard InChI is InChI=1S/C59H40BN3/c1-5-17-41(18-6-1)44-29-33-49(34-30-44)62-55-27-15-13-25-51(55)60-52-26-14-16-28-56(52)63(50-35-31-45(32-36-50)42-19-7-2-8-20-42)58-40-48(39-57(62)59(58)60)54-38-47(43-21-9-3-10-22-43)37-53(61-54)46-23-11-4-12-24-46/h1-40H. The average Bonchev–Trinajstić information content (AvgIpc) is 3.37. The van der Waals surface area contributed by atoms with Gasteiger partial charge in [0.15, 0.2) is 0 Å². The van der Waals surface area contributed by atoms with Crippen LogP contribution < -0.4 is 26.2 Å². The predicted octanol–water partition coefficient (Wildman–Crippen LogP) is 13.5. The molecule has 3 nitrogen and oxygen atoms in total. The zero-order valence-electron chi connectivity index (χ0n) is 34.5. The van der Waals surface area contributed by atoms with Crippen LogP contribution in [0.1, 0.15) is 0 Å². The van der Waals surface area contributed by atoms with E-state index in [9.17, 15) is 0 Å². The molecule has 2 aliphatic rings. The normalized spacial score (nSPS) is 12.3. The summed E-state index contributed by atoms with van der Waals surface area (Å²) in [4.78, 5) is 10.5. The molecule has 3 heterocycles. The smallest absolute Gasteiger partial charge is 0.252 e. The molecule has 63 heavy (non-hydrogen) atoms. The number of pyridine rings is 1. The molecule has 0 N–H and O–H groups in total. The van der Waals surface area contributed by atoms with Gasteiger partial charge in [-0.3, -0.25) is 0 Å². The summed E-state index contributed by atoms with van der Waals surface area (Å²) in [6.07, 6.45) is 0. The second-order valence-electron chi connectivity index (χ2n) is 16.3. The second kappa shape index (κ2) is 15.4. The fourth-order valence-electron chi connectivity index (χ4n) is 9.70. The number of rotatable bonds is 7. The molecule has 1 aromatic heterocycles. The Morgan fingerprint density at radius 3 is 1.06 bits per heavy atom. The molecule has 2 aliphatic heterocycles. The van der Waals surface area contributed by atoms with E-state index in [1.165, 1.54) is 50.0 Å². The summed E-state index contributed by atoms with van der Waals surface area (Å²) in [5.41, 5.74) is 21.7. The molecule has 12 rings (SSSR count). The lowest BCUT2D eigenvalue weighted by Crippen LogP contribution is -2.61. The van der Waals surface area contributed by atoms with Gasteiger partial charge in [-0.2, -0.15) is 0 Å². The van der Waals surface area contributed by atoms with E-state index in [1.54, 1.807) is 0 Å². The van der Waals surface area contributed by atoms with Crippen molar-refractivity contribution in [2.45, 2.75) is 0 Å². The van der Waals surface area contributed by atoms with Crippen molar-refractivity contribution in [2.24, 2.45) is 0 Å². The van der Waals surface area contributed by atoms with Crippen molar-refractivity contribution >= 4 is 57.2 Å². The predicted molar refractivity (Wildman–Crippen MR) is 265 cm³/mol. The molecule has 0 amide bonds. The molecule has 0 atom stereocenters. The molecule has 0 spiro atoms. The highest BCUT2D eigenvalue weighted by Gasteiger charge is 2.43. The number of benzene rings is 9. The summed E-state index contributed by atoms with van der Waals surface area (Å²) in [5.74, 6) is 0. The number of nitrogens with zero attached hydrogens (tertiary/aromatic N) is 3. The highest BCUT2D eigenvalue weighted by atomic mass is 15.2. The van der Waals surface area contributed by atoms with Crippen LogP contribution in [0.5, 0.6) is 0 Å². The number of hydrogen-bond donors (Lipinski definition) is 0. The SMILES string of the molecule is c1ccc(-c2ccc(N3c4ccccc4B4c5ccccc5N(c5ccc(-c6ccccc6)cc5)c5cc(-c6cc(-c7ccccc7)cc(-c7ccccc7)n6)cc3c54)cc2)cc1. The van der Waals surface area contributed by atoms with Crippen LogP contribution >= 0.6 is 0 Å². The summed E-state index contributed by atoms with van der Waals surface area (Å²) in [6, 6.07) is 87.8. The molecule has 0 fully saturated rings. The zero-order chi connectivity index (χ0) is 41.7. The van der Waals surface area contributed by atoms with Crippen LogP contribution in [0.4, 0.5) is 34.1 Å². The van der Waals surface area contributed by atoms with E-state index < -0.39 is 0 Å². The van der Waals surface area contributed by atoms with Crippen molar-refractivity contribution in [1.82, 2.24) is 4.98 Å². The van der Waals surface area contributed by atoms with Crippen LogP contribution in [0.3, 0.4) is 0 Å². The summed E-state index contributed by atoms with van der Waals surface area (Å²) in [5, 5.41) is 0. The van der Waals surface area contributed by atoms with Crippen LogP contribution in [0.15, 0.2) is 243 Å². The maximum absolute atomic E-state index is 5.50. The Balaban J connectivity index is 1.13. The first-order valence-corrected chi connectivity index (χ1v) is 21.7. The van der Waals surface area contributed by atoms with Crippen molar-refractivity contribution in [3.05, 3.63) is 243 Å². The highest BCUT2D eigenvalue weighted by Crippen LogP contribution is 2.46. The molecule has 0 saturated carbocycles. The van der Waals surface area contributed by atoms with E-state index in [4.69, 9.17) is 4.98 Å². The Kier molecular flexibility index (Phi) is 8.93. The number of para-hydroxylation sites is 2. The number of anilines is 6. The third-order valence-corrected chi connectivity index (χ3v) is 12.6. The first-order chi connectivity index (χ1) is 31.2. The van der Waals surface area contributed by atoms with Gasteiger partial charge in [0.25, 0.3) is 6.71 Å². The van der Waals surface area contributed by atoms with Crippen molar-refractivity contribution < 1.29 is 0 Å². The number of hydrogen-bond acceptors (Lipinski definition) is 3. The maximum atomic E-state index is 5.50. The quantitative estimate of drug-likeness (QED) is 0.150. The maximum Gasteiger partial charge on any atom is 0.252 e. The van der Waals surface area contributed by atoms with Gasteiger partial charge in [-0.05, 0) is 110 Å². The first kappa shape index (κ1) is 36.6. The van der Waals surface area contributed by atoms with Crippen molar-refractivity contribution in [1.29, 1.82) is 0 Å². The molecule has 0 unspecified atom stereocenters. The molecule has 0 saturated heterocycles. The van der Waals surface area contributed by atoms with E-state index in [1.807, 2.05) is 0 Å². The second-order valence-corrected chi connectivity index (χ2v) is 16.3. The topological polar surface area (TPSA) is 19.4 Å². The molecular weight excluding hydrogens is 761 g/mol. The van der Waals surface area contributed by atoms with Gasteiger partial charge in [0.05, 0.1) is 11.4 Å². The van der Waals surface area contributed by atoms with Gasteiger partial charge in [0.2, 0.25) is 0 Å². The Hall–Kier alpha value is -8.21. The molecule has 0 aliphatic carbocycles. The lowest BCUT2D eigenvalue weighted by molar-refractivity contribution is 1.25. The average molecular weight is 802 g/mol. The fraction of sp³-hybridized carbons (Fsp3) is 0. The third kappa shape index (κ3) is 6.43. The Morgan fingerprint density at radius 1 is 0.270 bits per heavy atom. The van der Waals surface area contributed by atoms with E-state index in [-0.39, 0.29) is 6.71 Å². The van der Waals surface area contributed by atoms with E-state index in [0.29, 0.717) is 0 Å². The molecule has 4 heteroatoms. The van der Waals surface area contributed by atoms with Crippen LogP contribution in [0, 0.1) is 0 Å². The fourth-order valence-corrected chi connectivity index (χ4v) is 9.70. The highest BCUT2D eigenvalue weighted by molar-refractivity contribution is 7.00. The molecule has 0 bridgehead atoms. The van der Waals surface area contributed by atoms with Crippen molar-refractivity contribution in [3.8, 4) is 55.9 Å². The van der Waals surface area contributed by atoms with Gasteiger partial charge in [-0.15, -0.1) is 0 Å². The summed E-state index contributed by atoms with van der Waals surface area (Å²) >= 11 is 0. The molecular formula is C59H40BN3. The van der Waals surface area contributed by atoms with Crippen molar-refractivity contribution in [2.75, 3.05) is 9.80 Å². The van der Waals surface area contributed by atoms with Crippen LogP contribution in [-0.4, -0.2) is 11.7 Å².